The lowest BCUT2D eigenvalue weighted by molar-refractivity contribution is 0.0601. The minimum atomic E-state index is 0.669. The molecule has 0 saturated carbocycles. The van der Waals surface area contributed by atoms with Crippen LogP contribution in [0.1, 0.15) is 24.6 Å². The van der Waals surface area contributed by atoms with E-state index in [1.165, 1.54) is 30.6 Å². The van der Waals surface area contributed by atoms with E-state index in [1.807, 2.05) is 6.20 Å². The molecule has 3 rings (SSSR count). The summed E-state index contributed by atoms with van der Waals surface area (Å²) < 4.78 is 0. The summed E-state index contributed by atoms with van der Waals surface area (Å²) >= 11 is 6.07. The highest BCUT2D eigenvalue weighted by atomic mass is 35.5. The van der Waals surface area contributed by atoms with Crippen molar-refractivity contribution < 1.29 is 0 Å². The van der Waals surface area contributed by atoms with Crippen LogP contribution in [0.2, 0.25) is 0 Å². The van der Waals surface area contributed by atoms with Gasteiger partial charge in [0, 0.05) is 24.2 Å². The average Bonchev–Trinajstić information content (AvgIpc) is 2.81. The van der Waals surface area contributed by atoms with Gasteiger partial charge >= 0.3 is 0 Å². The second kappa shape index (κ2) is 4.62. The van der Waals surface area contributed by atoms with Gasteiger partial charge in [-0.1, -0.05) is 6.92 Å². The van der Waals surface area contributed by atoms with Crippen molar-refractivity contribution in [2.45, 2.75) is 32.2 Å². The molecule has 0 spiro atoms. The summed E-state index contributed by atoms with van der Waals surface area (Å²) in [5, 5.41) is 7.34. The summed E-state index contributed by atoms with van der Waals surface area (Å²) in [5.41, 5.74) is 2.78. The van der Waals surface area contributed by atoms with Gasteiger partial charge in [-0.15, -0.1) is 11.6 Å². The minimum absolute atomic E-state index is 0.669. The van der Waals surface area contributed by atoms with Crippen molar-refractivity contribution in [1.82, 2.24) is 15.1 Å². The molecule has 94 valence electrons. The number of hydrogen-bond acceptors (Lipinski definition) is 2. The number of nitrogens with zero attached hydrogens (tertiary/aromatic N) is 2. The summed E-state index contributed by atoms with van der Waals surface area (Å²) in [6.45, 7) is 4.58. The Kier molecular flexibility index (Phi) is 3.14. The van der Waals surface area contributed by atoms with Gasteiger partial charge < -0.3 is 0 Å². The van der Waals surface area contributed by atoms with Crippen LogP contribution < -0.4 is 0 Å². The van der Waals surface area contributed by atoms with Gasteiger partial charge in [-0.3, -0.25) is 10.00 Å². The van der Waals surface area contributed by atoms with Crippen molar-refractivity contribution in [2.75, 3.05) is 19.0 Å². The van der Waals surface area contributed by atoms with Crippen LogP contribution in [0, 0.1) is 11.8 Å². The molecule has 0 amide bonds. The van der Waals surface area contributed by atoms with Crippen molar-refractivity contribution in [3.8, 4) is 0 Å². The van der Waals surface area contributed by atoms with E-state index >= 15 is 0 Å². The Morgan fingerprint density at radius 3 is 3.18 bits per heavy atom. The van der Waals surface area contributed by atoms with E-state index in [9.17, 15) is 0 Å². The first-order valence-electron chi connectivity index (χ1n) is 6.63. The molecule has 1 unspecified atom stereocenters. The largest absolute Gasteiger partial charge is 0.300 e. The normalized spacial score (nSPS) is 33.2. The van der Waals surface area contributed by atoms with Gasteiger partial charge in [0.05, 0.1) is 6.20 Å². The Labute approximate surface area is 108 Å². The molecule has 0 radical (unpaired) electrons. The van der Waals surface area contributed by atoms with E-state index < -0.39 is 0 Å². The number of alkyl halides is 1. The summed E-state index contributed by atoms with van der Waals surface area (Å²) in [5.74, 6) is 2.23. The first-order valence-corrected chi connectivity index (χ1v) is 7.16. The van der Waals surface area contributed by atoms with Crippen LogP contribution in [0.3, 0.4) is 0 Å². The van der Waals surface area contributed by atoms with Crippen LogP contribution >= 0.6 is 11.6 Å². The van der Waals surface area contributed by atoms with E-state index in [0.717, 1.165) is 24.8 Å². The van der Waals surface area contributed by atoms with Crippen molar-refractivity contribution in [1.29, 1.82) is 0 Å². The zero-order valence-corrected chi connectivity index (χ0v) is 11.1. The Morgan fingerprint density at radius 2 is 2.41 bits per heavy atom. The second-order valence-corrected chi connectivity index (χ2v) is 5.76. The standard InChI is InChI=1S/C13H20ClN3/c1-2-17-8-9(6-14)3-10-4-12-11(5-13(10)17)7-15-16-12/h7,9-10,13H,2-6,8H2,1H3,(H,15,16)/t9-,10+,13?/m0/s1. The number of likely N-dealkylation sites (N-methyl/N-ethyl adjacent to an activating group) is 1. The molecular formula is C13H20ClN3. The number of rotatable bonds is 2. The molecule has 0 bridgehead atoms. The van der Waals surface area contributed by atoms with E-state index in [4.69, 9.17) is 11.6 Å². The highest BCUT2D eigenvalue weighted by Gasteiger charge is 2.38. The van der Waals surface area contributed by atoms with Gasteiger partial charge in [-0.2, -0.15) is 5.10 Å². The predicted octanol–water partition coefficient (Wildman–Crippen LogP) is 2.07. The maximum absolute atomic E-state index is 6.07. The number of fused-ring (bicyclic) bond motifs is 2. The molecule has 1 aromatic rings. The number of H-pyrrole nitrogens is 1. The van der Waals surface area contributed by atoms with E-state index in [-0.39, 0.29) is 0 Å². The van der Waals surface area contributed by atoms with Crippen LogP contribution in [-0.2, 0) is 12.8 Å². The fourth-order valence-electron chi connectivity index (χ4n) is 3.59. The number of halogens is 1. The average molecular weight is 254 g/mol. The summed E-state index contributed by atoms with van der Waals surface area (Å²) in [6.07, 6.45) is 5.61. The van der Waals surface area contributed by atoms with Crippen LogP contribution in [0.25, 0.3) is 0 Å². The molecule has 1 saturated heterocycles. The lowest BCUT2D eigenvalue weighted by Crippen LogP contribution is -2.52. The maximum atomic E-state index is 6.07. The van der Waals surface area contributed by atoms with Gasteiger partial charge in [0.1, 0.15) is 0 Å². The summed E-state index contributed by atoms with van der Waals surface area (Å²) in [6, 6.07) is 0.713. The van der Waals surface area contributed by atoms with Crippen molar-refractivity contribution in [3.05, 3.63) is 17.5 Å². The number of nitrogens with one attached hydrogen (secondary N) is 1. The third-order valence-corrected chi connectivity index (χ3v) is 4.91. The Bertz CT molecular complexity index is 390. The summed E-state index contributed by atoms with van der Waals surface area (Å²) in [4.78, 5) is 2.62. The van der Waals surface area contributed by atoms with Crippen LogP contribution in [0.15, 0.2) is 6.20 Å². The van der Waals surface area contributed by atoms with Crippen molar-refractivity contribution in [3.63, 3.8) is 0 Å². The molecule has 3 atom stereocenters. The molecule has 1 fully saturated rings. The number of aromatic amines is 1. The van der Waals surface area contributed by atoms with Crippen LogP contribution in [-0.4, -0.2) is 40.1 Å². The van der Waals surface area contributed by atoms with Gasteiger partial charge in [-0.25, -0.2) is 0 Å². The van der Waals surface area contributed by atoms with Crippen molar-refractivity contribution >= 4 is 11.6 Å². The lowest BCUT2D eigenvalue weighted by atomic mass is 9.75. The first kappa shape index (κ1) is 11.5. The minimum Gasteiger partial charge on any atom is -0.300 e. The number of piperidine rings is 1. The molecule has 2 heterocycles. The highest BCUT2D eigenvalue weighted by molar-refractivity contribution is 6.18. The smallest absolute Gasteiger partial charge is 0.0522 e. The molecule has 4 heteroatoms. The van der Waals surface area contributed by atoms with E-state index in [1.54, 1.807) is 0 Å². The molecule has 3 nitrogen and oxygen atoms in total. The molecule has 2 aliphatic rings. The van der Waals surface area contributed by atoms with Gasteiger partial charge in [0.25, 0.3) is 0 Å². The quantitative estimate of drug-likeness (QED) is 0.819. The SMILES string of the molecule is CCN1C[C@H](CCl)C[C@@H]2Cc3[nH]ncc3CC21. The lowest BCUT2D eigenvalue weighted by Gasteiger charge is -2.46. The molecule has 0 aromatic carbocycles. The fraction of sp³-hybridized carbons (Fsp3) is 0.769. The molecule has 17 heavy (non-hydrogen) atoms. The maximum Gasteiger partial charge on any atom is 0.0522 e. The first-order chi connectivity index (χ1) is 8.31. The molecular weight excluding hydrogens is 234 g/mol. The Balaban J connectivity index is 1.84. The Hall–Kier alpha value is -0.540. The highest BCUT2D eigenvalue weighted by Crippen LogP contribution is 2.36. The molecule has 1 aliphatic carbocycles. The second-order valence-electron chi connectivity index (χ2n) is 5.45. The zero-order chi connectivity index (χ0) is 11.8. The third-order valence-electron chi connectivity index (χ3n) is 4.47. The van der Waals surface area contributed by atoms with Gasteiger partial charge in [0.2, 0.25) is 0 Å². The Morgan fingerprint density at radius 1 is 1.53 bits per heavy atom. The number of hydrogen-bond donors (Lipinski definition) is 1. The predicted molar refractivity (Wildman–Crippen MR) is 69.3 cm³/mol. The van der Waals surface area contributed by atoms with Crippen LogP contribution in [0.5, 0.6) is 0 Å². The van der Waals surface area contributed by atoms with Crippen molar-refractivity contribution in [2.24, 2.45) is 11.8 Å². The number of aromatic nitrogens is 2. The summed E-state index contributed by atoms with van der Waals surface area (Å²) in [7, 11) is 0. The van der Waals surface area contributed by atoms with E-state index in [2.05, 4.69) is 22.0 Å². The third kappa shape index (κ3) is 2.00. The fourth-order valence-corrected chi connectivity index (χ4v) is 3.82. The topological polar surface area (TPSA) is 31.9 Å². The molecule has 1 aromatic heterocycles. The number of likely N-dealkylation sites (tertiary alicyclic amines) is 1. The molecule has 1 N–H and O–H groups in total. The monoisotopic (exact) mass is 253 g/mol. The van der Waals surface area contributed by atoms with Crippen LogP contribution in [0.4, 0.5) is 0 Å². The van der Waals surface area contributed by atoms with E-state index in [0.29, 0.717) is 12.0 Å². The molecule has 1 aliphatic heterocycles. The zero-order valence-electron chi connectivity index (χ0n) is 10.3. The van der Waals surface area contributed by atoms with Gasteiger partial charge in [-0.05, 0) is 43.2 Å². The van der Waals surface area contributed by atoms with Gasteiger partial charge in [0.15, 0.2) is 0 Å².